The maximum Gasteiger partial charge on any atom is 0.306 e. The second-order valence-electron chi connectivity index (χ2n) is 5.15. The van der Waals surface area contributed by atoms with Gasteiger partial charge in [-0.1, -0.05) is 31.2 Å². The third-order valence-corrected chi connectivity index (χ3v) is 3.69. The molecular weight excluding hydrogens is 294 g/mol. The van der Waals surface area contributed by atoms with Gasteiger partial charge in [-0.3, -0.25) is 14.3 Å². The van der Waals surface area contributed by atoms with E-state index in [0.717, 1.165) is 11.8 Å². The van der Waals surface area contributed by atoms with Gasteiger partial charge in [0.1, 0.15) is 0 Å². The summed E-state index contributed by atoms with van der Waals surface area (Å²) in [5, 5.41) is 8.86. The van der Waals surface area contributed by atoms with Gasteiger partial charge in [-0.25, -0.2) is 8.42 Å². The summed E-state index contributed by atoms with van der Waals surface area (Å²) in [5.41, 5.74) is 1.52. The van der Waals surface area contributed by atoms with Crippen molar-refractivity contribution in [3.63, 3.8) is 0 Å². The number of rotatable bonds is 6. The predicted octanol–water partition coefficient (Wildman–Crippen LogP) is 1.13. The number of carboxylic acid groups (broad SMARTS) is 1. The summed E-state index contributed by atoms with van der Waals surface area (Å²) in [5.74, 6) is -2.54. The molecule has 0 aromatic heterocycles. The second-order valence-corrected chi connectivity index (χ2v) is 6.89. The van der Waals surface area contributed by atoms with E-state index >= 15 is 0 Å². The van der Waals surface area contributed by atoms with Crippen LogP contribution in [0.15, 0.2) is 24.3 Å². The average Bonchev–Trinajstić information content (AvgIpc) is 2.36. The summed E-state index contributed by atoms with van der Waals surface area (Å²) in [6, 6.07) is 6.91. The van der Waals surface area contributed by atoms with Crippen LogP contribution >= 0.6 is 0 Å². The molecule has 0 aliphatic carbocycles. The van der Waals surface area contributed by atoms with Gasteiger partial charge in [0.2, 0.25) is 15.9 Å². The van der Waals surface area contributed by atoms with Gasteiger partial charge >= 0.3 is 5.97 Å². The van der Waals surface area contributed by atoms with Crippen LogP contribution in [0.2, 0.25) is 0 Å². The largest absolute Gasteiger partial charge is 0.481 e. The molecular formula is C14H19NO5S. The Labute approximate surface area is 124 Å². The van der Waals surface area contributed by atoms with E-state index in [1.54, 1.807) is 38.1 Å². The highest BCUT2D eigenvalue weighted by molar-refractivity contribution is 7.89. The molecule has 2 N–H and O–H groups in total. The van der Waals surface area contributed by atoms with Crippen molar-refractivity contribution in [2.75, 3.05) is 6.26 Å². The number of hydrogen-bond acceptors (Lipinski definition) is 4. The molecule has 1 rings (SSSR count). The van der Waals surface area contributed by atoms with E-state index in [-0.39, 0.29) is 0 Å². The lowest BCUT2D eigenvalue weighted by molar-refractivity contribution is -0.141. The van der Waals surface area contributed by atoms with Crippen molar-refractivity contribution in [3.05, 3.63) is 35.4 Å². The topological polar surface area (TPSA) is 101 Å². The molecule has 1 aromatic rings. The highest BCUT2D eigenvalue weighted by Gasteiger charge is 2.18. The van der Waals surface area contributed by atoms with Crippen molar-refractivity contribution in [2.45, 2.75) is 26.2 Å². The minimum atomic E-state index is -3.57. The van der Waals surface area contributed by atoms with E-state index in [1.807, 2.05) is 4.72 Å². The zero-order valence-electron chi connectivity index (χ0n) is 12.2. The Kier molecular flexibility index (Phi) is 5.48. The van der Waals surface area contributed by atoms with E-state index in [2.05, 4.69) is 0 Å². The molecule has 0 bridgehead atoms. The Bertz CT molecular complexity index is 621. The molecule has 0 radical (unpaired) electrons. The Morgan fingerprint density at radius 1 is 1.19 bits per heavy atom. The summed E-state index contributed by atoms with van der Waals surface area (Å²) < 4.78 is 24.0. The maximum atomic E-state index is 11.7. The molecule has 1 unspecified atom stereocenters. The first-order chi connectivity index (χ1) is 9.60. The lowest BCUT2D eigenvalue weighted by Crippen LogP contribution is -2.32. The van der Waals surface area contributed by atoms with E-state index in [0.29, 0.717) is 12.0 Å². The zero-order valence-corrected chi connectivity index (χ0v) is 13.0. The van der Waals surface area contributed by atoms with Gasteiger partial charge in [0, 0.05) is 0 Å². The van der Waals surface area contributed by atoms with Crippen LogP contribution in [0.5, 0.6) is 0 Å². The van der Waals surface area contributed by atoms with Crippen molar-refractivity contribution < 1.29 is 23.1 Å². The molecule has 0 saturated heterocycles. The highest BCUT2D eigenvalue weighted by Crippen LogP contribution is 2.18. The van der Waals surface area contributed by atoms with Crippen LogP contribution in [-0.4, -0.2) is 31.7 Å². The first-order valence-electron chi connectivity index (χ1n) is 6.43. The molecule has 0 saturated carbocycles. The lowest BCUT2D eigenvalue weighted by atomic mass is 9.96. The predicted molar refractivity (Wildman–Crippen MR) is 78.3 cm³/mol. The number of aliphatic carboxylic acids is 1. The van der Waals surface area contributed by atoms with E-state index < -0.39 is 33.7 Å². The number of sulfonamides is 1. The monoisotopic (exact) mass is 313 g/mol. The third kappa shape index (κ3) is 5.55. The lowest BCUT2D eigenvalue weighted by Gasteiger charge is -2.12. The van der Waals surface area contributed by atoms with Crippen LogP contribution in [-0.2, 0) is 26.0 Å². The fraction of sp³-hybridized carbons (Fsp3) is 0.429. The number of amides is 1. The van der Waals surface area contributed by atoms with E-state index in [9.17, 15) is 18.0 Å². The van der Waals surface area contributed by atoms with Gasteiger partial charge in [-0.05, 0) is 24.5 Å². The smallest absolute Gasteiger partial charge is 0.306 e. The molecule has 0 aliphatic heterocycles. The van der Waals surface area contributed by atoms with Crippen LogP contribution in [0.1, 0.15) is 30.9 Å². The number of carboxylic acids is 1. The van der Waals surface area contributed by atoms with Gasteiger partial charge in [0.25, 0.3) is 0 Å². The molecule has 116 valence electrons. The van der Waals surface area contributed by atoms with Crippen LogP contribution in [0.4, 0.5) is 0 Å². The van der Waals surface area contributed by atoms with Gasteiger partial charge in [-0.2, -0.15) is 0 Å². The van der Waals surface area contributed by atoms with Gasteiger partial charge in [0.15, 0.2) is 0 Å². The molecule has 2 atom stereocenters. The second kappa shape index (κ2) is 6.71. The Morgan fingerprint density at radius 2 is 1.71 bits per heavy atom. The molecule has 0 fully saturated rings. The number of carbonyl (C=O) groups is 2. The molecule has 1 amide bonds. The summed E-state index contributed by atoms with van der Waals surface area (Å²) in [6.45, 7) is 3.23. The summed E-state index contributed by atoms with van der Waals surface area (Å²) >= 11 is 0. The number of carbonyl (C=O) groups excluding carboxylic acids is 1. The fourth-order valence-corrected chi connectivity index (χ4v) is 2.35. The normalized spacial score (nSPS) is 14.2. The van der Waals surface area contributed by atoms with Gasteiger partial charge in [-0.15, -0.1) is 0 Å². The van der Waals surface area contributed by atoms with Crippen molar-refractivity contribution >= 4 is 21.9 Å². The average molecular weight is 313 g/mol. The summed E-state index contributed by atoms with van der Waals surface area (Å²) in [7, 11) is -3.57. The third-order valence-electron chi connectivity index (χ3n) is 3.12. The van der Waals surface area contributed by atoms with Crippen LogP contribution in [0.3, 0.4) is 0 Å². The fourth-order valence-electron chi connectivity index (χ4n) is 1.81. The van der Waals surface area contributed by atoms with Crippen LogP contribution < -0.4 is 4.72 Å². The van der Waals surface area contributed by atoms with Gasteiger partial charge < -0.3 is 5.11 Å². The number of benzene rings is 1. The Hall–Kier alpha value is -1.89. The molecule has 1 aromatic carbocycles. The summed E-state index contributed by atoms with van der Waals surface area (Å²) in [6.07, 6.45) is 1.33. The Morgan fingerprint density at radius 3 is 2.14 bits per heavy atom. The molecule has 0 heterocycles. The van der Waals surface area contributed by atoms with Crippen LogP contribution in [0, 0.1) is 5.92 Å². The minimum absolute atomic E-state index is 0.402. The minimum Gasteiger partial charge on any atom is -0.481 e. The zero-order chi connectivity index (χ0) is 16.2. The Balaban J connectivity index is 2.78. The molecule has 21 heavy (non-hydrogen) atoms. The SMILES string of the molecule is CC(C(=O)NS(C)(=O)=O)c1ccc(C[C@@H](C)C(=O)O)cc1. The summed E-state index contributed by atoms with van der Waals surface area (Å²) in [4.78, 5) is 22.5. The standard InChI is InChI=1S/C14H19NO5S/c1-9(14(17)18)8-11-4-6-12(7-5-11)10(2)13(16)15-21(3,19)20/h4-7,9-10H,8H2,1-3H3,(H,15,16)(H,17,18)/t9-,10?/m1/s1. The van der Waals surface area contributed by atoms with Gasteiger partial charge in [0.05, 0.1) is 18.1 Å². The number of nitrogens with one attached hydrogen (secondary N) is 1. The first-order valence-corrected chi connectivity index (χ1v) is 8.32. The molecule has 0 aliphatic rings. The molecule has 6 nitrogen and oxygen atoms in total. The molecule has 0 spiro atoms. The van der Waals surface area contributed by atoms with Crippen molar-refractivity contribution in [3.8, 4) is 0 Å². The van der Waals surface area contributed by atoms with Crippen molar-refractivity contribution in [2.24, 2.45) is 5.92 Å². The van der Waals surface area contributed by atoms with Crippen molar-refractivity contribution in [1.29, 1.82) is 0 Å². The van der Waals surface area contributed by atoms with Crippen LogP contribution in [0.25, 0.3) is 0 Å². The van der Waals surface area contributed by atoms with E-state index in [1.165, 1.54) is 0 Å². The highest BCUT2D eigenvalue weighted by atomic mass is 32.2. The quantitative estimate of drug-likeness (QED) is 0.820. The van der Waals surface area contributed by atoms with E-state index in [4.69, 9.17) is 5.11 Å². The first kappa shape index (κ1) is 17.2. The number of hydrogen-bond donors (Lipinski definition) is 2. The molecule has 7 heteroatoms. The van der Waals surface area contributed by atoms with Crippen molar-refractivity contribution in [1.82, 2.24) is 4.72 Å². The maximum absolute atomic E-state index is 11.7.